The first-order chi connectivity index (χ1) is 11.8. The molecule has 0 radical (unpaired) electrons. The Morgan fingerprint density at radius 2 is 1.50 bits per heavy atom. The van der Waals surface area contributed by atoms with E-state index < -0.39 is 0 Å². The lowest BCUT2D eigenvalue weighted by Gasteiger charge is -2.09. The van der Waals surface area contributed by atoms with Crippen LogP contribution in [0.1, 0.15) is 16.7 Å². The highest BCUT2D eigenvalue weighted by molar-refractivity contribution is 5.90. The molecule has 0 unspecified atom stereocenters. The van der Waals surface area contributed by atoms with Crippen LogP contribution in [0, 0.1) is 0 Å². The highest BCUT2D eigenvalue weighted by Gasteiger charge is 2.06. The van der Waals surface area contributed by atoms with Crippen molar-refractivity contribution >= 4 is 16.7 Å². The first-order valence-corrected chi connectivity index (χ1v) is 8.22. The number of fused-ring (bicyclic) bond motifs is 1. The van der Waals surface area contributed by atoms with Crippen LogP contribution in [-0.2, 0) is 24.3 Å². The molecular formula is C21H22N2O. The lowest BCUT2D eigenvalue weighted by molar-refractivity contribution is -0.120. The summed E-state index contributed by atoms with van der Waals surface area (Å²) < 4.78 is 0. The minimum absolute atomic E-state index is 0.0469. The average molecular weight is 318 g/mol. The number of amides is 1. The molecule has 3 rings (SSSR count). The summed E-state index contributed by atoms with van der Waals surface area (Å²) in [5, 5.41) is 8.45. The van der Waals surface area contributed by atoms with Gasteiger partial charge in [0.15, 0.2) is 0 Å². The third-order valence-electron chi connectivity index (χ3n) is 4.12. The van der Waals surface area contributed by atoms with Gasteiger partial charge in [0.1, 0.15) is 0 Å². The maximum absolute atomic E-state index is 12.3. The Balaban J connectivity index is 1.61. The molecule has 3 nitrogen and oxygen atoms in total. The third kappa shape index (κ3) is 4.00. The highest BCUT2D eigenvalue weighted by atomic mass is 16.1. The number of benzene rings is 3. The molecule has 0 aliphatic carbocycles. The SMILES string of the molecule is CNCc1ccc(CNC(=O)Cc2cccc3ccccc23)cc1. The van der Waals surface area contributed by atoms with Gasteiger partial charge in [0, 0.05) is 13.1 Å². The van der Waals surface area contributed by atoms with E-state index in [2.05, 4.69) is 53.1 Å². The van der Waals surface area contributed by atoms with E-state index in [1.165, 1.54) is 10.9 Å². The van der Waals surface area contributed by atoms with Crippen molar-refractivity contribution in [1.29, 1.82) is 0 Å². The van der Waals surface area contributed by atoms with Crippen molar-refractivity contribution in [2.24, 2.45) is 0 Å². The van der Waals surface area contributed by atoms with Gasteiger partial charge < -0.3 is 10.6 Å². The zero-order chi connectivity index (χ0) is 16.8. The zero-order valence-electron chi connectivity index (χ0n) is 13.9. The molecule has 122 valence electrons. The summed E-state index contributed by atoms with van der Waals surface area (Å²) in [6.45, 7) is 1.41. The monoisotopic (exact) mass is 318 g/mol. The molecule has 0 heterocycles. The van der Waals surface area contributed by atoms with Crippen LogP contribution < -0.4 is 10.6 Å². The van der Waals surface area contributed by atoms with Crippen LogP contribution in [0.5, 0.6) is 0 Å². The standard InChI is InChI=1S/C21H22N2O/c1-22-14-16-9-11-17(12-10-16)15-23-21(24)13-19-7-4-6-18-5-2-3-8-20(18)19/h2-12,22H,13-15H2,1H3,(H,23,24). The minimum Gasteiger partial charge on any atom is -0.352 e. The molecule has 0 saturated heterocycles. The van der Waals surface area contributed by atoms with Crippen molar-refractivity contribution in [3.05, 3.63) is 83.4 Å². The van der Waals surface area contributed by atoms with Gasteiger partial charge in [-0.3, -0.25) is 4.79 Å². The normalized spacial score (nSPS) is 10.7. The molecule has 0 atom stereocenters. The van der Waals surface area contributed by atoms with Crippen LogP contribution in [0.2, 0.25) is 0 Å². The van der Waals surface area contributed by atoms with Crippen molar-refractivity contribution in [3.8, 4) is 0 Å². The number of rotatable bonds is 6. The summed E-state index contributed by atoms with van der Waals surface area (Å²) in [5.74, 6) is 0.0469. The average Bonchev–Trinajstić information content (AvgIpc) is 2.62. The van der Waals surface area contributed by atoms with Crippen LogP contribution in [-0.4, -0.2) is 13.0 Å². The van der Waals surface area contributed by atoms with Crippen LogP contribution in [0.15, 0.2) is 66.7 Å². The Kier molecular flexibility index (Phi) is 5.24. The summed E-state index contributed by atoms with van der Waals surface area (Å²) in [4.78, 5) is 12.3. The molecule has 3 heteroatoms. The predicted octanol–water partition coefficient (Wildman–Crippen LogP) is 3.42. The van der Waals surface area contributed by atoms with Gasteiger partial charge in [0.05, 0.1) is 6.42 Å². The molecule has 0 saturated carbocycles. The van der Waals surface area contributed by atoms with E-state index in [4.69, 9.17) is 0 Å². The second-order valence-electron chi connectivity index (χ2n) is 5.94. The number of nitrogens with one attached hydrogen (secondary N) is 2. The van der Waals surface area contributed by atoms with Crippen LogP contribution in [0.3, 0.4) is 0 Å². The molecule has 3 aromatic rings. The van der Waals surface area contributed by atoms with E-state index >= 15 is 0 Å². The topological polar surface area (TPSA) is 41.1 Å². The number of carbonyl (C=O) groups is 1. The van der Waals surface area contributed by atoms with Crippen molar-refractivity contribution in [2.75, 3.05) is 7.05 Å². The number of hydrogen-bond acceptors (Lipinski definition) is 2. The number of hydrogen-bond donors (Lipinski definition) is 2. The molecule has 0 spiro atoms. The second-order valence-corrected chi connectivity index (χ2v) is 5.94. The highest BCUT2D eigenvalue weighted by Crippen LogP contribution is 2.18. The Morgan fingerprint density at radius 1 is 0.833 bits per heavy atom. The van der Waals surface area contributed by atoms with E-state index in [0.29, 0.717) is 13.0 Å². The van der Waals surface area contributed by atoms with Gasteiger partial charge in [-0.1, -0.05) is 66.7 Å². The first-order valence-electron chi connectivity index (χ1n) is 8.22. The Morgan fingerprint density at radius 3 is 2.25 bits per heavy atom. The number of carbonyl (C=O) groups excluding carboxylic acids is 1. The van der Waals surface area contributed by atoms with E-state index in [9.17, 15) is 4.79 Å². The molecular weight excluding hydrogens is 296 g/mol. The molecule has 0 bridgehead atoms. The molecule has 0 aliphatic rings. The van der Waals surface area contributed by atoms with Gasteiger partial charge in [-0.25, -0.2) is 0 Å². The Hall–Kier alpha value is -2.65. The molecule has 2 N–H and O–H groups in total. The van der Waals surface area contributed by atoms with Crippen LogP contribution in [0.25, 0.3) is 10.8 Å². The van der Waals surface area contributed by atoms with Gasteiger partial charge in [0.2, 0.25) is 5.91 Å². The summed E-state index contributed by atoms with van der Waals surface area (Å²) in [6.07, 6.45) is 0.402. The molecule has 0 aliphatic heterocycles. The Bertz CT molecular complexity index is 819. The van der Waals surface area contributed by atoms with Crippen molar-refractivity contribution in [3.63, 3.8) is 0 Å². The van der Waals surface area contributed by atoms with Crippen molar-refractivity contribution < 1.29 is 4.79 Å². The van der Waals surface area contributed by atoms with Gasteiger partial charge >= 0.3 is 0 Å². The summed E-state index contributed by atoms with van der Waals surface area (Å²) >= 11 is 0. The second kappa shape index (κ2) is 7.75. The van der Waals surface area contributed by atoms with E-state index in [0.717, 1.165) is 23.1 Å². The summed E-state index contributed by atoms with van der Waals surface area (Å²) in [7, 11) is 1.93. The van der Waals surface area contributed by atoms with Gasteiger partial charge in [-0.15, -0.1) is 0 Å². The molecule has 0 fully saturated rings. The van der Waals surface area contributed by atoms with E-state index in [-0.39, 0.29) is 5.91 Å². The lowest BCUT2D eigenvalue weighted by atomic mass is 10.0. The molecule has 3 aromatic carbocycles. The first kappa shape index (κ1) is 16.2. The van der Waals surface area contributed by atoms with Gasteiger partial charge in [0.25, 0.3) is 0 Å². The maximum atomic E-state index is 12.3. The molecule has 24 heavy (non-hydrogen) atoms. The zero-order valence-corrected chi connectivity index (χ0v) is 13.9. The lowest BCUT2D eigenvalue weighted by Crippen LogP contribution is -2.24. The van der Waals surface area contributed by atoms with Crippen molar-refractivity contribution in [2.45, 2.75) is 19.5 Å². The summed E-state index contributed by atoms with van der Waals surface area (Å²) in [5.41, 5.74) is 3.42. The predicted molar refractivity (Wildman–Crippen MR) is 98.7 cm³/mol. The summed E-state index contributed by atoms with van der Waals surface area (Å²) in [6, 6.07) is 22.6. The fraction of sp³-hybridized carbons (Fsp3) is 0.190. The fourth-order valence-corrected chi connectivity index (χ4v) is 2.86. The van der Waals surface area contributed by atoms with E-state index in [1.807, 2.05) is 31.3 Å². The quantitative estimate of drug-likeness (QED) is 0.731. The van der Waals surface area contributed by atoms with Gasteiger partial charge in [-0.2, -0.15) is 0 Å². The van der Waals surface area contributed by atoms with Crippen LogP contribution >= 0.6 is 0 Å². The fourth-order valence-electron chi connectivity index (χ4n) is 2.86. The van der Waals surface area contributed by atoms with Gasteiger partial charge in [-0.05, 0) is 34.5 Å². The molecule has 0 aromatic heterocycles. The third-order valence-corrected chi connectivity index (χ3v) is 4.12. The van der Waals surface area contributed by atoms with Crippen molar-refractivity contribution in [1.82, 2.24) is 10.6 Å². The smallest absolute Gasteiger partial charge is 0.224 e. The molecule has 1 amide bonds. The minimum atomic E-state index is 0.0469. The largest absolute Gasteiger partial charge is 0.352 e. The van der Waals surface area contributed by atoms with Crippen LogP contribution in [0.4, 0.5) is 0 Å². The maximum Gasteiger partial charge on any atom is 0.224 e. The Labute approximate surface area is 142 Å². The van der Waals surface area contributed by atoms with E-state index in [1.54, 1.807) is 0 Å².